The van der Waals surface area contributed by atoms with E-state index in [-0.39, 0.29) is 64.9 Å². The summed E-state index contributed by atoms with van der Waals surface area (Å²) in [6, 6.07) is 43.4. The minimum Gasteiger partial charge on any atom is -0.492 e. The topological polar surface area (TPSA) is 54.0 Å². The maximum absolute atomic E-state index is 15.9. The van der Waals surface area contributed by atoms with Gasteiger partial charge in [0.1, 0.15) is 17.7 Å². The molecular formula is C53H69FO5Si2. The predicted molar refractivity (Wildman–Crippen MR) is 253 cm³/mol. The second-order valence-electron chi connectivity index (χ2n) is 19.1. The summed E-state index contributed by atoms with van der Waals surface area (Å²) in [6.45, 7) is 16.2. The zero-order chi connectivity index (χ0) is 43.7. The number of hydrogen-bond acceptors (Lipinski definition) is 5. The Labute approximate surface area is 368 Å². The third-order valence-electron chi connectivity index (χ3n) is 13.0. The minimum absolute atomic E-state index is 0.0185. The monoisotopic (exact) mass is 860 g/mol. The Bertz CT molecular complexity index is 1960. The molecule has 1 aliphatic heterocycles. The highest BCUT2D eigenvalue weighted by Gasteiger charge is 2.57. The number of fused-ring (bicyclic) bond motifs is 1. The van der Waals surface area contributed by atoms with Crippen LogP contribution >= 0.6 is 0 Å². The highest BCUT2D eigenvalue weighted by Crippen LogP contribution is 2.50. The van der Waals surface area contributed by atoms with Crippen molar-refractivity contribution < 1.29 is 27.5 Å². The number of esters is 1. The van der Waals surface area contributed by atoms with Gasteiger partial charge in [0.25, 0.3) is 16.6 Å². The van der Waals surface area contributed by atoms with Gasteiger partial charge >= 0.3 is 5.97 Å². The van der Waals surface area contributed by atoms with E-state index in [1.165, 1.54) is 27.9 Å². The molecule has 2 fully saturated rings. The van der Waals surface area contributed by atoms with Gasteiger partial charge in [-0.25, -0.2) is 4.39 Å². The molecule has 61 heavy (non-hydrogen) atoms. The van der Waals surface area contributed by atoms with E-state index in [0.29, 0.717) is 25.0 Å². The second kappa shape index (κ2) is 20.4. The fraction of sp³-hybridized carbons (Fsp3) is 0.453. The Morgan fingerprint density at radius 2 is 1.23 bits per heavy atom. The molecular weight excluding hydrogens is 792 g/mol. The van der Waals surface area contributed by atoms with Gasteiger partial charge in [-0.2, -0.15) is 0 Å². The summed E-state index contributed by atoms with van der Waals surface area (Å²) in [4.78, 5) is 11.8. The Hall–Kier alpha value is -4.09. The van der Waals surface area contributed by atoms with Crippen molar-refractivity contribution >= 4 is 43.4 Å². The first-order valence-electron chi connectivity index (χ1n) is 22.6. The van der Waals surface area contributed by atoms with Crippen molar-refractivity contribution in [2.75, 3.05) is 7.11 Å². The maximum atomic E-state index is 15.9. The molecule has 0 N–H and O–H groups in total. The molecule has 6 rings (SSSR count). The van der Waals surface area contributed by atoms with Gasteiger partial charge in [-0.05, 0) is 43.7 Å². The third kappa shape index (κ3) is 10.3. The zero-order valence-corrected chi connectivity index (χ0v) is 39.9. The van der Waals surface area contributed by atoms with Crippen LogP contribution in [-0.4, -0.2) is 48.0 Å². The molecule has 4 aromatic rings. The van der Waals surface area contributed by atoms with Gasteiger partial charge in [0.15, 0.2) is 0 Å². The standard InChI is InChI=1S/C53H69FO5Si2/c1-9-10-15-25-40(58-60(52(2,3)4,41-26-16-11-17-27-41)42-28-18-12-19-29-42)36-37-45-46-38-50(47(54)34-24-35-51(55)56-8)57-48(46)39-49(45)59-61(53(5,6)7,43-30-20-13-21-31-43)44-32-22-14-23-33-44/h11-14,16-23,26-33,36-37,40,45-46,48-49H,9-10,15,24-25,34-35,38-39H2,1-8H3/b37-36+,50-47-/t40-,45?,46+,48-,49+/m0/s1. The van der Waals surface area contributed by atoms with Crippen molar-refractivity contribution in [1.29, 1.82) is 0 Å². The number of rotatable bonds is 18. The Kier molecular flexibility index (Phi) is 15.5. The van der Waals surface area contributed by atoms with Crippen LogP contribution in [0.1, 0.15) is 106 Å². The summed E-state index contributed by atoms with van der Waals surface area (Å²) in [5.41, 5.74) is 0. The number of methoxy groups -OCH3 is 1. The van der Waals surface area contributed by atoms with E-state index in [1.807, 2.05) is 0 Å². The van der Waals surface area contributed by atoms with Gasteiger partial charge in [-0.3, -0.25) is 4.79 Å². The molecule has 5 atom stereocenters. The molecule has 1 saturated heterocycles. The smallest absolute Gasteiger partial charge is 0.305 e. The van der Waals surface area contributed by atoms with Gasteiger partial charge in [-0.15, -0.1) is 0 Å². The van der Waals surface area contributed by atoms with Crippen LogP contribution in [0.4, 0.5) is 4.39 Å². The Balaban J connectivity index is 1.45. The molecule has 0 spiro atoms. The minimum atomic E-state index is -2.95. The van der Waals surface area contributed by atoms with Gasteiger partial charge in [-0.1, -0.05) is 201 Å². The maximum Gasteiger partial charge on any atom is 0.305 e. The number of unbranched alkanes of at least 4 members (excludes halogenated alkanes) is 2. The number of carbonyl (C=O) groups excluding carboxylic acids is 1. The first-order chi connectivity index (χ1) is 29.2. The van der Waals surface area contributed by atoms with E-state index in [9.17, 15) is 4.79 Å². The van der Waals surface area contributed by atoms with E-state index >= 15 is 4.39 Å². The van der Waals surface area contributed by atoms with Crippen LogP contribution in [0, 0.1) is 11.8 Å². The van der Waals surface area contributed by atoms with E-state index < -0.39 is 16.6 Å². The van der Waals surface area contributed by atoms with Crippen molar-refractivity contribution in [2.45, 2.75) is 135 Å². The average Bonchev–Trinajstić information content (AvgIpc) is 3.82. The number of carbonyl (C=O) groups is 1. The van der Waals surface area contributed by atoms with Crippen molar-refractivity contribution in [3.8, 4) is 0 Å². The molecule has 8 heteroatoms. The molecule has 0 radical (unpaired) electrons. The highest BCUT2D eigenvalue weighted by molar-refractivity contribution is 7.00. The summed E-state index contributed by atoms with van der Waals surface area (Å²) in [5, 5.41) is 4.60. The molecule has 2 aliphatic rings. The molecule has 0 amide bonds. The van der Waals surface area contributed by atoms with Crippen molar-refractivity contribution in [2.24, 2.45) is 11.8 Å². The Morgan fingerprint density at radius 3 is 1.69 bits per heavy atom. The lowest BCUT2D eigenvalue weighted by molar-refractivity contribution is -0.140. The number of hydrogen-bond donors (Lipinski definition) is 0. The second-order valence-corrected chi connectivity index (χ2v) is 27.6. The van der Waals surface area contributed by atoms with E-state index in [4.69, 9.17) is 18.3 Å². The largest absolute Gasteiger partial charge is 0.492 e. The lowest BCUT2D eigenvalue weighted by Crippen LogP contribution is -2.68. The van der Waals surface area contributed by atoms with Crippen LogP contribution < -0.4 is 20.7 Å². The van der Waals surface area contributed by atoms with Gasteiger partial charge in [0.2, 0.25) is 0 Å². The van der Waals surface area contributed by atoms with Crippen LogP contribution in [-0.2, 0) is 23.1 Å². The third-order valence-corrected chi connectivity index (χ3v) is 23.1. The van der Waals surface area contributed by atoms with E-state index in [2.05, 4.69) is 182 Å². The summed E-state index contributed by atoms with van der Waals surface area (Å²) in [6.07, 6.45) is 10.2. The number of halogens is 1. The van der Waals surface area contributed by atoms with Crippen molar-refractivity contribution in [3.05, 3.63) is 145 Å². The Morgan fingerprint density at radius 1 is 0.738 bits per heavy atom. The number of allylic oxidation sites excluding steroid dienone is 2. The SMILES string of the molecule is CCCCC[C@@H](/C=C/C1[C@H]2C/C(=C(/F)CCCC(=O)OC)O[C@H]2C[C@H]1O[Si](c1ccccc1)(c1ccccc1)C(C)(C)C)O[Si](c1ccccc1)(c1ccccc1)C(C)(C)C. The summed E-state index contributed by atoms with van der Waals surface area (Å²) in [7, 11) is -4.47. The fourth-order valence-electron chi connectivity index (χ4n) is 10.0. The van der Waals surface area contributed by atoms with Crippen LogP contribution in [0.5, 0.6) is 0 Å². The summed E-state index contributed by atoms with van der Waals surface area (Å²) < 4.78 is 43.1. The number of ether oxygens (including phenoxy) is 2. The van der Waals surface area contributed by atoms with Gasteiger partial charge in [0, 0.05) is 37.5 Å². The lowest BCUT2D eigenvalue weighted by Gasteiger charge is -2.46. The van der Waals surface area contributed by atoms with E-state index in [0.717, 1.165) is 25.7 Å². The number of benzene rings is 4. The highest BCUT2D eigenvalue weighted by atomic mass is 28.4. The average molecular weight is 861 g/mol. The summed E-state index contributed by atoms with van der Waals surface area (Å²) in [5.74, 6) is -0.207. The van der Waals surface area contributed by atoms with Crippen LogP contribution in [0.15, 0.2) is 145 Å². The van der Waals surface area contributed by atoms with Crippen LogP contribution in [0.25, 0.3) is 0 Å². The molecule has 1 heterocycles. The first kappa shape index (κ1) is 46.4. The predicted octanol–water partition coefficient (Wildman–Crippen LogP) is 11.0. The molecule has 0 aromatic heterocycles. The normalized spacial score (nSPS) is 20.9. The molecule has 0 bridgehead atoms. The van der Waals surface area contributed by atoms with Crippen LogP contribution in [0.2, 0.25) is 10.1 Å². The van der Waals surface area contributed by atoms with Gasteiger partial charge in [0.05, 0.1) is 19.3 Å². The van der Waals surface area contributed by atoms with Crippen molar-refractivity contribution in [3.63, 3.8) is 0 Å². The molecule has 5 nitrogen and oxygen atoms in total. The first-order valence-corrected chi connectivity index (χ1v) is 26.4. The van der Waals surface area contributed by atoms with Crippen LogP contribution in [0.3, 0.4) is 0 Å². The molecule has 1 unspecified atom stereocenters. The fourth-order valence-corrected chi connectivity index (χ4v) is 19.4. The lowest BCUT2D eigenvalue weighted by atomic mass is 9.90. The molecule has 1 aliphatic carbocycles. The summed E-state index contributed by atoms with van der Waals surface area (Å²) >= 11 is 0. The van der Waals surface area contributed by atoms with Crippen molar-refractivity contribution in [1.82, 2.24) is 0 Å². The molecule has 326 valence electrons. The zero-order valence-electron chi connectivity index (χ0n) is 37.9. The molecule has 1 saturated carbocycles. The van der Waals surface area contributed by atoms with Gasteiger partial charge < -0.3 is 18.3 Å². The van der Waals surface area contributed by atoms with E-state index in [1.54, 1.807) is 0 Å². The quantitative estimate of drug-likeness (QED) is 0.0432. The molecule has 4 aromatic carbocycles.